The molecule has 1 saturated heterocycles. The topological polar surface area (TPSA) is 23.6 Å². The first-order chi connectivity index (χ1) is 12.9. The van der Waals surface area contributed by atoms with Crippen LogP contribution in [0.1, 0.15) is 47.3 Å². The van der Waals surface area contributed by atoms with Gasteiger partial charge in [-0.1, -0.05) is 30.3 Å². The molecule has 0 atom stereocenters. The number of carbonyl (C=O) groups excluding carboxylic acids is 1. The Hall–Kier alpha value is -1.72. The van der Waals surface area contributed by atoms with Crippen LogP contribution in [0.3, 0.4) is 0 Å². The van der Waals surface area contributed by atoms with Gasteiger partial charge in [0.2, 0.25) is 0 Å². The van der Waals surface area contributed by atoms with Crippen LogP contribution in [-0.2, 0) is 5.54 Å². The van der Waals surface area contributed by atoms with E-state index < -0.39 is 0 Å². The van der Waals surface area contributed by atoms with Crippen molar-refractivity contribution in [2.45, 2.75) is 37.6 Å². The molecule has 1 aliphatic carbocycles. The molecule has 5 heteroatoms. The Morgan fingerprint density at radius 2 is 1.74 bits per heavy atom. The number of carbonyl (C=O) groups is 1. The smallest absolute Gasteiger partial charge is 0.264 e. The number of nitrogens with zero attached hydrogens (tertiary/aromatic N) is 2. The molecule has 0 bridgehead atoms. The van der Waals surface area contributed by atoms with Gasteiger partial charge in [-0.15, -0.1) is 11.3 Å². The Kier molecular flexibility index (Phi) is 4.85. The van der Waals surface area contributed by atoms with E-state index in [4.69, 9.17) is 0 Å². The number of thiophene rings is 1. The van der Waals surface area contributed by atoms with Gasteiger partial charge in [-0.05, 0) is 69.3 Å². The standard InChI is InChI=1S/C22H27FN2OS/c1-24(2)22(17-6-4-3-5-7-17)12-10-21(11-13-22)14-15-25(16-21)20(26)18-8-9-19(23)27-18/h3-9H,10-16H2,1-2H3. The second-order valence-electron chi connectivity index (χ2n) is 8.37. The molecule has 1 amide bonds. The Morgan fingerprint density at radius 1 is 1.04 bits per heavy atom. The van der Waals surface area contributed by atoms with E-state index in [1.165, 1.54) is 11.6 Å². The zero-order chi connectivity index (χ0) is 19.1. The SMILES string of the molecule is CN(C)C1(c2ccccc2)CCC2(CCN(C(=O)c3ccc(F)s3)C2)CC1. The van der Waals surface area contributed by atoms with Crippen molar-refractivity contribution in [1.29, 1.82) is 0 Å². The Morgan fingerprint density at radius 3 is 2.33 bits per heavy atom. The summed E-state index contributed by atoms with van der Waals surface area (Å²) >= 11 is 0.954. The van der Waals surface area contributed by atoms with E-state index in [-0.39, 0.29) is 22.0 Å². The van der Waals surface area contributed by atoms with Gasteiger partial charge in [0, 0.05) is 18.6 Å². The van der Waals surface area contributed by atoms with E-state index in [9.17, 15) is 9.18 Å². The van der Waals surface area contributed by atoms with Gasteiger partial charge >= 0.3 is 0 Å². The Labute approximate surface area is 164 Å². The molecule has 0 unspecified atom stereocenters. The molecule has 2 aromatic rings. The van der Waals surface area contributed by atoms with Crippen LogP contribution < -0.4 is 0 Å². The van der Waals surface area contributed by atoms with Gasteiger partial charge in [-0.3, -0.25) is 9.69 Å². The van der Waals surface area contributed by atoms with Gasteiger partial charge in [-0.25, -0.2) is 0 Å². The van der Waals surface area contributed by atoms with Crippen LogP contribution in [0.2, 0.25) is 0 Å². The largest absolute Gasteiger partial charge is 0.337 e. The predicted octanol–water partition coefficient (Wildman–Crippen LogP) is 4.75. The van der Waals surface area contributed by atoms with Crippen molar-refractivity contribution in [2.75, 3.05) is 27.2 Å². The van der Waals surface area contributed by atoms with E-state index in [1.807, 2.05) is 4.90 Å². The van der Waals surface area contributed by atoms with Crippen molar-refractivity contribution in [3.05, 3.63) is 58.0 Å². The predicted molar refractivity (Wildman–Crippen MR) is 108 cm³/mol. The second-order valence-corrected chi connectivity index (χ2v) is 9.41. The van der Waals surface area contributed by atoms with Crippen molar-refractivity contribution >= 4 is 17.2 Å². The van der Waals surface area contributed by atoms with Crippen LogP contribution in [0.15, 0.2) is 42.5 Å². The summed E-state index contributed by atoms with van der Waals surface area (Å²) in [6.07, 6.45) is 5.54. The molecule has 1 aromatic heterocycles. The molecule has 1 aromatic carbocycles. The highest BCUT2D eigenvalue weighted by molar-refractivity contribution is 7.12. The first-order valence-corrected chi connectivity index (χ1v) is 10.5. The minimum Gasteiger partial charge on any atom is -0.337 e. The van der Waals surface area contributed by atoms with Gasteiger partial charge in [0.15, 0.2) is 5.13 Å². The molecule has 27 heavy (non-hydrogen) atoms. The molecule has 1 aliphatic heterocycles. The Balaban J connectivity index is 1.48. The van der Waals surface area contributed by atoms with E-state index >= 15 is 0 Å². The Bertz CT molecular complexity index is 809. The summed E-state index contributed by atoms with van der Waals surface area (Å²) in [5, 5.41) is -0.288. The fourth-order valence-corrected chi connectivity index (χ4v) is 5.74. The average Bonchev–Trinajstić information content (AvgIpc) is 3.30. The fraction of sp³-hybridized carbons (Fsp3) is 0.500. The zero-order valence-corrected chi connectivity index (χ0v) is 16.9. The third-order valence-electron chi connectivity index (χ3n) is 6.81. The highest BCUT2D eigenvalue weighted by Gasteiger charge is 2.48. The van der Waals surface area contributed by atoms with Gasteiger partial charge in [0.25, 0.3) is 5.91 Å². The molecular weight excluding hydrogens is 359 g/mol. The summed E-state index contributed by atoms with van der Waals surface area (Å²) < 4.78 is 13.3. The average molecular weight is 387 g/mol. The molecule has 0 N–H and O–H groups in total. The zero-order valence-electron chi connectivity index (χ0n) is 16.1. The van der Waals surface area contributed by atoms with Gasteiger partial charge in [0.1, 0.15) is 0 Å². The summed E-state index contributed by atoms with van der Waals surface area (Å²) in [6.45, 7) is 1.60. The van der Waals surface area contributed by atoms with E-state index in [0.29, 0.717) is 4.88 Å². The number of amides is 1. The number of hydrogen-bond acceptors (Lipinski definition) is 3. The van der Waals surface area contributed by atoms with Crippen LogP contribution in [0.25, 0.3) is 0 Å². The van der Waals surface area contributed by atoms with E-state index in [2.05, 4.69) is 49.3 Å². The van der Waals surface area contributed by atoms with Crippen molar-refractivity contribution in [3.63, 3.8) is 0 Å². The van der Waals surface area contributed by atoms with Gasteiger partial charge in [-0.2, -0.15) is 4.39 Å². The monoisotopic (exact) mass is 386 g/mol. The normalized spacial score (nSPS) is 28.2. The second kappa shape index (κ2) is 7.02. The summed E-state index contributed by atoms with van der Waals surface area (Å²) in [5.74, 6) is -0.00622. The number of hydrogen-bond donors (Lipinski definition) is 0. The molecule has 2 heterocycles. The van der Waals surface area contributed by atoms with Gasteiger partial charge < -0.3 is 4.90 Å². The van der Waals surface area contributed by atoms with E-state index in [0.717, 1.165) is 56.5 Å². The fourth-order valence-electron chi connectivity index (χ4n) is 5.04. The maximum atomic E-state index is 13.3. The molecule has 0 radical (unpaired) electrons. The maximum Gasteiger partial charge on any atom is 0.264 e. The van der Waals surface area contributed by atoms with Crippen molar-refractivity contribution < 1.29 is 9.18 Å². The molecule has 3 nitrogen and oxygen atoms in total. The maximum absolute atomic E-state index is 13.3. The molecule has 2 fully saturated rings. The molecule has 4 rings (SSSR count). The van der Waals surface area contributed by atoms with Gasteiger partial charge in [0.05, 0.1) is 4.88 Å². The molecule has 2 aliphatic rings. The first-order valence-electron chi connectivity index (χ1n) is 9.72. The first kappa shape index (κ1) is 18.6. The third-order valence-corrected chi connectivity index (χ3v) is 7.68. The molecular formula is C22H27FN2OS. The van der Waals surface area contributed by atoms with Crippen LogP contribution in [0.5, 0.6) is 0 Å². The van der Waals surface area contributed by atoms with Crippen molar-refractivity contribution in [2.24, 2.45) is 5.41 Å². The highest BCUT2D eigenvalue weighted by atomic mass is 32.1. The van der Waals surface area contributed by atoms with Crippen LogP contribution in [-0.4, -0.2) is 42.9 Å². The summed E-state index contributed by atoms with van der Waals surface area (Å²) in [6, 6.07) is 13.8. The number of halogens is 1. The lowest BCUT2D eigenvalue weighted by molar-refractivity contribution is 0.0370. The van der Waals surface area contributed by atoms with Crippen LogP contribution in [0, 0.1) is 10.5 Å². The number of benzene rings is 1. The summed E-state index contributed by atoms with van der Waals surface area (Å²) in [5.41, 5.74) is 1.70. The minimum atomic E-state index is -0.288. The quantitative estimate of drug-likeness (QED) is 0.760. The molecule has 144 valence electrons. The highest BCUT2D eigenvalue weighted by Crippen LogP contribution is 2.51. The van der Waals surface area contributed by atoms with E-state index in [1.54, 1.807) is 6.07 Å². The van der Waals surface area contributed by atoms with Crippen LogP contribution in [0.4, 0.5) is 4.39 Å². The lowest BCUT2D eigenvalue weighted by Crippen LogP contribution is -2.47. The number of likely N-dealkylation sites (tertiary alicyclic amines) is 1. The summed E-state index contributed by atoms with van der Waals surface area (Å²) in [7, 11) is 4.36. The molecule has 1 spiro atoms. The summed E-state index contributed by atoms with van der Waals surface area (Å²) in [4.78, 5) is 17.5. The third kappa shape index (κ3) is 3.32. The number of rotatable bonds is 3. The minimum absolute atomic E-state index is 0.00622. The lowest BCUT2D eigenvalue weighted by Gasteiger charge is -2.49. The van der Waals surface area contributed by atoms with Crippen molar-refractivity contribution in [3.8, 4) is 0 Å². The van der Waals surface area contributed by atoms with Crippen molar-refractivity contribution in [1.82, 2.24) is 9.80 Å². The van der Waals surface area contributed by atoms with Crippen LogP contribution >= 0.6 is 11.3 Å². The molecule has 1 saturated carbocycles. The lowest BCUT2D eigenvalue weighted by atomic mass is 9.64.